The normalized spacial score (nSPS) is 10.3. The fourth-order valence-electron chi connectivity index (χ4n) is 1.62. The van der Waals surface area contributed by atoms with Crippen LogP contribution < -0.4 is 10.1 Å². The first-order valence-corrected chi connectivity index (χ1v) is 6.61. The van der Waals surface area contributed by atoms with Gasteiger partial charge in [0.2, 0.25) is 5.95 Å². The molecule has 1 heterocycles. The number of ether oxygens (including phenoxy) is 1. The van der Waals surface area contributed by atoms with Crippen LogP contribution in [0.4, 0.5) is 10.3 Å². The Morgan fingerprint density at radius 2 is 2.05 bits per heavy atom. The van der Waals surface area contributed by atoms with E-state index in [9.17, 15) is 4.39 Å². The predicted octanol–water partition coefficient (Wildman–Crippen LogP) is 2.90. The van der Waals surface area contributed by atoms with Crippen molar-refractivity contribution in [3.63, 3.8) is 0 Å². The largest absolute Gasteiger partial charge is 0.464 e. The van der Waals surface area contributed by atoms with E-state index in [0.717, 1.165) is 13.0 Å². The van der Waals surface area contributed by atoms with Gasteiger partial charge in [-0.25, -0.2) is 4.39 Å². The zero-order valence-corrected chi connectivity index (χ0v) is 11.6. The Morgan fingerprint density at radius 3 is 2.75 bits per heavy atom. The van der Waals surface area contributed by atoms with Crippen LogP contribution in [0.25, 0.3) is 11.4 Å². The highest BCUT2D eigenvalue weighted by molar-refractivity contribution is 5.56. The number of benzene rings is 1. The molecule has 2 rings (SSSR count). The van der Waals surface area contributed by atoms with Gasteiger partial charge in [-0.05, 0) is 25.5 Å². The summed E-state index contributed by atoms with van der Waals surface area (Å²) in [6, 6.07) is 6.37. The van der Waals surface area contributed by atoms with Gasteiger partial charge in [-0.2, -0.15) is 15.0 Å². The molecule has 1 aromatic heterocycles. The van der Waals surface area contributed by atoms with E-state index in [1.165, 1.54) is 12.1 Å². The molecule has 2 aromatic rings. The highest BCUT2D eigenvalue weighted by Gasteiger charge is 2.09. The van der Waals surface area contributed by atoms with Gasteiger partial charge in [-0.3, -0.25) is 0 Å². The van der Waals surface area contributed by atoms with Crippen molar-refractivity contribution in [1.29, 1.82) is 0 Å². The molecule has 0 saturated heterocycles. The van der Waals surface area contributed by atoms with Gasteiger partial charge < -0.3 is 10.1 Å². The van der Waals surface area contributed by atoms with Gasteiger partial charge in [0.1, 0.15) is 5.82 Å². The molecule has 5 nitrogen and oxygen atoms in total. The average Bonchev–Trinajstić information content (AvgIpc) is 2.45. The number of anilines is 1. The average molecular weight is 276 g/mol. The van der Waals surface area contributed by atoms with E-state index in [-0.39, 0.29) is 11.8 Å². The topological polar surface area (TPSA) is 59.9 Å². The summed E-state index contributed by atoms with van der Waals surface area (Å²) in [5, 5.41) is 3.08. The summed E-state index contributed by atoms with van der Waals surface area (Å²) in [5.74, 6) is 0.495. The molecule has 1 aromatic carbocycles. The lowest BCUT2D eigenvalue weighted by atomic mass is 10.2. The van der Waals surface area contributed by atoms with E-state index in [0.29, 0.717) is 23.9 Å². The van der Waals surface area contributed by atoms with E-state index in [2.05, 4.69) is 20.3 Å². The second kappa shape index (κ2) is 6.79. The highest BCUT2D eigenvalue weighted by Crippen LogP contribution is 2.19. The van der Waals surface area contributed by atoms with Crippen molar-refractivity contribution in [3.05, 3.63) is 30.1 Å². The molecule has 0 radical (unpaired) electrons. The fraction of sp³-hybridized carbons (Fsp3) is 0.357. The van der Waals surface area contributed by atoms with Crippen LogP contribution in [0.15, 0.2) is 24.3 Å². The van der Waals surface area contributed by atoms with Crippen molar-refractivity contribution >= 4 is 5.95 Å². The second-order valence-electron chi connectivity index (χ2n) is 4.14. The van der Waals surface area contributed by atoms with E-state index >= 15 is 0 Å². The number of nitrogens with one attached hydrogen (secondary N) is 1. The standard InChI is InChI=1S/C14H17FN4O/c1-3-8-16-13-17-12(18-14(19-13)20-4-2)10-6-5-7-11(15)9-10/h5-7,9H,3-4,8H2,1-2H3,(H,16,17,18,19). The molecule has 0 fully saturated rings. The number of halogens is 1. The molecule has 0 aliphatic carbocycles. The Kier molecular flexibility index (Phi) is 4.81. The quantitative estimate of drug-likeness (QED) is 0.879. The van der Waals surface area contributed by atoms with E-state index in [1.807, 2.05) is 13.8 Å². The molecule has 0 aliphatic heterocycles. The third kappa shape index (κ3) is 3.63. The van der Waals surface area contributed by atoms with E-state index < -0.39 is 0 Å². The number of nitrogens with zero attached hydrogens (tertiary/aromatic N) is 3. The summed E-state index contributed by atoms with van der Waals surface area (Å²) in [6.45, 7) is 5.11. The first-order valence-electron chi connectivity index (χ1n) is 6.61. The van der Waals surface area contributed by atoms with Gasteiger partial charge in [0.15, 0.2) is 5.82 Å². The van der Waals surface area contributed by atoms with Crippen molar-refractivity contribution in [2.45, 2.75) is 20.3 Å². The van der Waals surface area contributed by atoms with Crippen LogP contribution in [0.5, 0.6) is 6.01 Å². The zero-order chi connectivity index (χ0) is 14.4. The molecule has 20 heavy (non-hydrogen) atoms. The Morgan fingerprint density at radius 1 is 1.20 bits per heavy atom. The lowest BCUT2D eigenvalue weighted by Gasteiger charge is -2.08. The van der Waals surface area contributed by atoms with Crippen molar-refractivity contribution in [2.24, 2.45) is 0 Å². The van der Waals surface area contributed by atoms with Crippen molar-refractivity contribution in [2.75, 3.05) is 18.5 Å². The minimum absolute atomic E-state index is 0.236. The lowest BCUT2D eigenvalue weighted by Crippen LogP contribution is -2.08. The maximum Gasteiger partial charge on any atom is 0.321 e. The molecule has 0 spiro atoms. The van der Waals surface area contributed by atoms with Gasteiger partial charge in [0.05, 0.1) is 6.61 Å². The Hall–Kier alpha value is -2.24. The zero-order valence-electron chi connectivity index (χ0n) is 11.6. The predicted molar refractivity (Wildman–Crippen MR) is 75.2 cm³/mol. The number of hydrogen-bond donors (Lipinski definition) is 1. The maximum atomic E-state index is 13.3. The van der Waals surface area contributed by atoms with E-state index in [1.54, 1.807) is 12.1 Å². The molecule has 0 amide bonds. The van der Waals surface area contributed by atoms with Crippen LogP contribution in [0.3, 0.4) is 0 Å². The van der Waals surface area contributed by atoms with Crippen LogP contribution in [-0.2, 0) is 0 Å². The molecule has 6 heteroatoms. The number of aromatic nitrogens is 3. The van der Waals surface area contributed by atoms with Crippen LogP contribution in [-0.4, -0.2) is 28.1 Å². The summed E-state index contributed by atoms with van der Waals surface area (Å²) in [5.41, 5.74) is 0.591. The molecule has 0 atom stereocenters. The fourth-order valence-corrected chi connectivity index (χ4v) is 1.62. The third-order valence-electron chi connectivity index (χ3n) is 2.50. The van der Waals surface area contributed by atoms with Gasteiger partial charge in [-0.1, -0.05) is 19.1 Å². The monoisotopic (exact) mass is 276 g/mol. The third-order valence-corrected chi connectivity index (χ3v) is 2.50. The van der Waals surface area contributed by atoms with Gasteiger partial charge in [0, 0.05) is 12.1 Å². The van der Waals surface area contributed by atoms with Crippen LogP contribution in [0.1, 0.15) is 20.3 Å². The highest BCUT2D eigenvalue weighted by atomic mass is 19.1. The van der Waals surface area contributed by atoms with Crippen molar-refractivity contribution in [1.82, 2.24) is 15.0 Å². The molecule has 0 aliphatic rings. The SMILES string of the molecule is CCCNc1nc(OCC)nc(-c2cccc(F)c2)n1. The Bertz CT molecular complexity index is 577. The number of rotatable bonds is 6. The Labute approximate surface area is 117 Å². The summed E-state index contributed by atoms with van der Waals surface area (Å²) in [6.07, 6.45) is 0.949. The van der Waals surface area contributed by atoms with Gasteiger partial charge in [-0.15, -0.1) is 0 Å². The summed E-state index contributed by atoms with van der Waals surface area (Å²) < 4.78 is 18.6. The molecule has 106 valence electrons. The Balaban J connectivity index is 2.37. The van der Waals surface area contributed by atoms with Crippen LogP contribution in [0.2, 0.25) is 0 Å². The first kappa shape index (κ1) is 14.2. The van der Waals surface area contributed by atoms with Crippen molar-refractivity contribution in [3.8, 4) is 17.4 Å². The van der Waals surface area contributed by atoms with E-state index in [4.69, 9.17) is 4.74 Å². The van der Waals surface area contributed by atoms with Gasteiger partial charge >= 0.3 is 6.01 Å². The molecular weight excluding hydrogens is 259 g/mol. The van der Waals surface area contributed by atoms with Gasteiger partial charge in [0.25, 0.3) is 0 Å². The van der Waals surface area contributed by atoms with Crippen molar-refractivity contribution < 1.29 is 9.13 Å². The summed E-state index contributed by atoms with van der Waals surface area (Å²) in [7, 11) is 0. The lowest BCUT2D eigenvalue weighted by molar-refractivity contribution is 0.312. The molecule has 0 unspecified atom stereocenters. The van der Waals surface area contributed by atoms with Crippen LogP contribution in [0, 0.1) is 5.82 Å². The smallest absolute Gasteiger partial charge is 0.321 e. The molecule has 0 bridgehead atoms. The molecular formula is C14H17FN4O. The number of hydrogen-bond acceptors (Lipinski definition) is 5. The van der Waals surface area contributed by atoms with Crippen LogP contribution >= 0.6 is 0 Å². The molecule has 1 N–H and O–H groups in total. The summed E-state index contributed by atoms with van der Waals surface area (Å²) >= 11 is 0. The minimum Gasteiger partial charge on any atom is -0.464 e. The molecule has 0 saturated carbocycles. The maximum absolute atomic E-state index is 13.3. The first-order chi connectivity index (χ1) is 9.72. The second-order valence-corrected chi connectivity index (χ2v) is 4.14. The minimum atomic E-state index is -0.330. The summed E-state index contributed by atoms with van der Waals surface area (Å²) in [4.78, 5) is 12.6.